The van der Waals surface area contributed by atoms with E-state index in [1.54, 1.807) is 0 Å². The van der Waals surface area contributed by atoms with E-state index in [2.05, 4.69) is 4.98 Å². The molecule has 1 aromatic carbocycles. The van der Waals surface area contributed by atoms with Gasteiger partial charge in [-0.15, -0.1) is 11.3 Å². The molecule has 0 saturated heterocycles. The predicted molar refractivity (Wildman–Crippen MR) is 71.0 cm³/mol. The summed E-state index contributed by atoms with van der Waals surface area (Å²) in [5.74, 6) is 0. The minimum atomic E-state index is -0.903. The Labute approximate surface area is 107 Å². The molecule has 1 aliphatic rings. The van der Waals surface area contributed by atoms with E-state index in [4.69, 9.17) is 10.8 Å². The summed E-state index contributed by atoms with van der Waals surface area (Å²) in [6, 6.07) is 5.71. The third-order valence-electron chi connectivity index (χ3n) is 3.02. The van der Waals surface area contributed by atoms with E-state index < -0.39 is 6.09 Å². The number of aromatic nitrogens is 1. The molecular formula is C12H11N3O2S. The molecule has 0 aliphatic carbocycles. The molecule has 1 aromatic heterocycles. The summed E-state index contributed by atoms with van der Waals surface area (Å²) in [5, 5.41) is 11.5. The molecule has 92 valence electrons. The van der Waals surface area contributed by atoms with Gasteiger partial charge in [0.2, 0.25) is 0 Å². The summed E-state index contributed by atoms with van der Waals surface area (Å²) >= 11 is 1.40. The van der Waals surface area contributed by atoms with Gasteiger partial charge in [0.15, 0.2) is 5.13 Å². The maximum absolute atomic E-state index is 11.0. The van der Waals surface area contributed by atoms with Gasteiger partial charge in [-0.3, -0.25) is 4.90 Å². The fourth-order valence-electron chi connectivity index (χ4n) is 2.18. The predicted octanol–water partition coefficient (Wildman–Crippen LogP) is 2.43. The first-order chi connectivity index (χ1) is 8.65. The third-order valence-corrected chi connectivity index (χ3v) is 3.70. The normalized spacial score (nSPS) is 13.7. The van der Waals surface area contributed by atoms with Crippen LogP contribution in [0.1, 0.15) is 5.56 Å². The standard InChI is InChI=1S/C12H11N3O2S/c13-11-14-9(6-18-11)7-1-2-10-8(5-7)3-4-15(10)12(16)17/h1-2,5-6H,3-4H2,(H2,13,14)(H,16,17). The number of anilines is 2. The Balaban J connectivity index is 2.01. The van der Waals surface area contributed by atoms with E-state index in [1.165, 1.54) is 16.2 Å². The number of carboxylic acid groups (broad SMARTS) is 1. The number of carbonyl (C=O) groups is 1. The molecule has 6 heteroatoms. The molecule has 18 heavy (non-hydrogen) atoms. The molecule has 0 saturated carbocycles. The lowest BCUT2D eigenvalue weighted by atomic mass is 10.1. The first-order valence-corrected chi connectivity index (χ1v) is 6.38. The van der Waals surface area contributed by atoms with Gasteiger partial charge < -0.3 is 10.8 Å². The van der Waals surface area contributed by atoms with E-state index in [1.807, 2.05) is 23.6 Å². The van der Waals surface area contributed by atoms with Gasteiger partial charge in [-0.2, -0.15) is 0 Å². The molecule has 0 bridgehead atoms. The van der Waals surface area contributed by atoms with Crippen molar-refractivity contribution in [2.24, 2.45) is 0 Å². The lowest BCUT2D eigenvalue weighted by Gasteiger charge is -2.12. The molecule has 1 aliphatic heterocycles. The van der Waals surface area contributed by atoms with Crippen molar-refractivity contribution in [3.05, 3.63) is 29.1 Å². The highest BCUT2D eigenvalue weighted by Gasteiger charge is 2.24. The minimum Gasteiger partial charge on any atom is -0.465 e. The monoisotopic (exact) mass is 261 g/mol. The highest BCUT2D eigenvalue weighted by Crippen LogP contribution is 2.32. The van der Waals surface area contributed by atoms with Crippen LogP contribution in [0.5, 0.6) is 0 Å². The Morgan fingerprint density at radius 3 is 3.00 bits per heavy atom. The zero-order valence-corrected chi connectivity index (χ0v) is 10.3. The van der Waals surface area contributed by atoms with Crippen molar-refractivity contribution < 1.29 is 9.90 Å². The molecule has 0 fully saturated rings. The van der Waals surface area contributed by atoms with Crippen LogP contribution in [0, 0.1) is 0 Å². The molecule has 0 spiro atoms. The lowest BCUT2D eigenvalue weighted by Crippen LogP contribution is -2.26. The van der Waals surface area contributed by atoms with Crippen LogP contribution in [0.25, 0.3) is 11.3 Å². The topological polar surface area (TPSA) is 79.5 Å². The highest BCUT2D eigenvalue weighted by atomic mass is 32.1. The summed E-state index contributed by atoms with van der Waals surface area (Å²) in [4.78, 5) is 16.6. The van der Waals surface area contributed by atoms with Crippen molar-refractivity contribution in [3.8, 4) is 11.3 Å². The van der Waals surface area contributed by atoms with Gasteiger partial charge in [-0.25, -0.2) is 9.78 Å². The molecule has 0 unspecified atom stereocenters. The number of nitrogen functional groups attached to an aromatic ring is 1. The zero-order valence-electron chi connectivity index (χ0n) is 9.46. The van der Waals surface area contributed by atoms with Gasteiger partial charge in [0, 0.05) is 17.5 Å². The lowest BCUT2D eigenvalue weighted by molar-refractivity contribution is 0.202. The molecule has 0 radical (unpaired) electrons. The largest absolute Gasteiger partial charge is 0.465 e. The summed E-state index contributed by atoms with van der Waals surface area (Å²) < 4.78 is 0. The van der Waals surface area contributed by atoms with E-state index in [0.717, 1.165) is 28.9 Å². The molecular weight excluding hydrogens is 250 g/mol. The number of fused-ring (bicyclic) bond motifs is 1. The van der Waals surface area contributed by atoms with Crippen molar-refractivity contribution in [1.29, 1.82) is 0 Å². The van der Waals surface area contributed by atoms with Crippen LogP contribution in [-0.4, -0.2) is 22.7 Å². The number of benzene rings is 1. The summed E-state index contributed by atoms with van der Waals surface area (Å²) in [7, 11) is 0. The quantitative estimate of drug-likeness (QED) is 0.826. The van der Waals surface area contributed by atoms with Crippen LogP contribution in [0.4, 0.5) is 15.6 Å². The number of nitrogens with zero attached hydrogens (tertiary/aromatic N) is 2. The highest BCUT2D eigenvalue weighted by molar-refractivity contribution is 7.13. The summed E-state index contributed by atoms with van der Waals surface area (Å²) in [6.07, 6.45) is -0.158. The van der Waals surface area contributed by atoms with E-state index in [0.29, 0.717) is 11.7 Å². The second kappa shape index (κ2) is 3.99. The average molecular weight is 261 g/mol. The van der Waals surface area contributed by atoms with Gasteiger partial charge in [0.1, 0.15) is 0 Å². The van der Waals surface area contributed by atoms with Gasteiger partial charge in [-0.05, 0) is 24.1 Å². The first kappa shape index (κ1) is 11.0. The number of hydrogen-bond donors (Lipinski definition) is 2. The number of rotatable bonds is 1. The fourth-order valence-corrected chi connectivity index (χ4v) is 2.75. The maximum atomic E-state index is 11.0. The first-order valence-electron chi connectivity index (χ1n) is 5.50. The van der Waals surface area contributed by atoms with Crippen LogP contribution in [0.3, 0.4) is 0 Å². The number of hydrogen-bond acceptors (Lipinski definition) is 4. The van der Waals surface area contributed by atoms with E-state index in [9.17, 15) is 4.79 Å². The smallest absolute Gasteiger partial charge is 0.411 e. The van der Waals surface area contributed by atoms with Crippen molar-refractivity contribution >= 4 is 28.2 Å². The SMILES string of the molecule is Nc1nc(-c2ccc3c(c2)CCN3C(=O)O)cs1. The Morgan fingerprint density at radius 1 is 1.50 bits per heavy atom. The summed E-state index contributed by atoms with van der Waals surface area (Å²) in [6.45, 7) is 0.521. The van der Waals surface area contributed by atoms with Crippen LogP contribution in [-0.2, 0) is 6.42 Å². The van der Waals surface area contributed by atoms with Gasteiger partial charge in [0.05, 0.1) is 11.4 Å². The average Bonchev–Trinajstić information content (AvgIpc) is 2.93. The second-order valence-electron chi connectivity index (χ2n) is 4.10. The number of amides is 1. The van der Waals surface area contributed by atoms with Crippen molar-refractivity contribution in [1.82, 2.24) is 4.98 Å². The second-order valence-corrected chi connectivity index (χ2v) is 4.99. The van der Waals surface area contributed by atoms with Crippen molar-refractivity contribution in [3.63, 3.8) is 0 Å². The van der Waals surface area contributed by atoms with Crippen molar-refractivity contribution in [2.45, 2.75) is 6.42 Å². The van der Waals surface area contributed by atoms with Gasteiger partial charge in [-0.1, -0.05) is 6.07 Å². The zero-order chi connectivity index (χ0) is 12.7. The van der Waals surface area contributed by atoms with Crippen LogP contribution < -0.4 is 10.6 Å². The summed E-state index contributed by atoms with van der Waals surface area (Å²) in [5.41, 5.74) is 9.25. The fraction of sp³-hybridized carbons (Fsp3) is 0.167. The Kier molecular flexibility index (Phi) is 2.45. The molecule has 3 N–H and O–H groups in total. The number of nitrogens with two attached hydrogens (primary N) is 1. The van der Waals surface area contributed by atoms with Crippen molar-refractivity contribution in [2.75, 3.05) is 17.2 Å². The molecule has 5 nitrogen and oxygen atoms in total. The van der Waals surface area contributed by atoms with Crippen LogP contribution in [0.2, 0.25) is 0 Å². The molecule has 2 aromatic rings. The van der Waals surface area contributed by atoms with E-state index in [-0.39, 0.29) is 0 Å². The molecule has 0 atom stereocenters. The third kappa shape index (κ3) is 1.70. The number of thiazole rings is 1. The van der Waals surface area contributed by atoms with Gasteiger partial charge >= 0.3 is 6.09 Å². The molecule has 3 rings (SSSR count). The minimum absolute atomic E-state index is 0.521. The van der Waals surface area contributed by atoms with E-state index >= 15 is 0 Å². The Hall–Kier alpha value is -2.08. The molecule has 1 amide bonds. The van der Waals surface area contributed by atoms with Gasteiger partial charge in [0.25, 0.3) is 0 Å². The van der Waals surface area contributed by atoms with Crippen LogP contribution in [0.15, 0.2) is 23.6 Å². The molecule has 2 heterocycles. The van der Waals surface area contributed by atoms with Crippen LogP contribution >= 0.6 is 11.3 Å². The Morgan fingerprint density at radius 2 is 2.33 bits per heavy atom. The maximum Gasteiger partial charge on any atom is 0.411 e. The Bertz CT molecular complexity index is 624.